The minimum atomic E-state index is -1.20. The van der Waals surface area contributed by atoms with Crippen LogP contribution >= 0.6 is 0 Å². The molecule has 0 saturated carbocycles. The highest BCUT2D eigenvalue weighted by Crippen LogP contribution is 2.54. The molecule has 1 aromatic heterocycles. The van der Waals surface area contributed by atoms with Gasteiger partial charge in [0.15, 0.2) is 5.78 Å². The molecule has 0 radical (unpaired) electrons. The molecular weight excluding hydrogens is 460 g/mol. The Bertz CT molecular complexity index is 1330. The number of hydrogen-bond acceptors (Lipinski definition) is 3. The van der Waals surface area contributed by atoms with Crippen LogP contribution in [0.4, 0.5) is 0 Å². The summed E-state index contributed by atoms with van der Waals surface area (Å²) in [6.45, 7) is 8.34. The van der Waals surface area contributed by atoms with Crippen molar-refractivity contribution < 1.29 is 14.7 Å². The minimum Gasteiger partial charge on any atom is -0.388 e. The predicted molar refractivity (Wildman–Crippen MR) is 148 cm³/mol. The Morgan fingerprint density at radius 2 is 1.81 bits per heavy atom. The van der Waals surface area contributed by atoms with Gasteiger partial charge in [0.2, 0.25) is 5.91 Å². The number of allylic oxidation sites excluding steroid dienone is 6. The number of amides is 1. The molecule has 0 bridgehead atoms. The number of fused-ring (bicyclic) bond motifs is 1. The molecule has 7 atom stereocenters. The Morgan fingerprint density at radius 3 is 2.62 bits per heavy atom. The Balaban J connectivity index is 1.59. The first-order valence-electron chi connectivity index (χ1n) is 13.5. The normalized spacial score (nSPS) is 37.6. The van der Waals surface area contributed by atoms with Crippen molar-refractivity contribution in [3.8, 4) is 0 Å². The van der Waals surface area contributed by atoms with Gasteiger partial charge in [-0.05, 0) is 68.2 Å². The average molecular weight is 499 g/mol. The Hall–Kier alpha value is -3.18. The number of aromatic amines is 1. The molecule has 1 aliphatic heterocycles. The fourth-order valence-corrected chi connectivity index (χ4v) is 6.87. The van der Waals surface area contributed by atoms with Crippen molar-refractivity contribution >= 4 is 22.6 Å². The van der Waals surface area contributed by atoms with Crippen LogP contribution in [0.3, 0.4) is 0 Å². The van der Waals surface area contributed by atoms with Crippen LogP contribution < -0.4 is 5.32 Å². The molecule has 1 amide bonds. The number of carbonyl (C=O) groups excluding carboxylic acids is 2. The van der Waals surface area contributed by atoms with Gasteiger partial charge in [-0.2, -0.15) is 0 Å². The van der Waals surface area contributed by atoms with Crippen LogP contribution in [-0.4, -0.2) is 33.9 Å². The lowest BCUT2D eigenvalue weighted by Crippen LogP contribution is -2.51. The summed E-state index contributed by atoms with van der Waals surface area (Å²) >= 11 is 0. The van der Waals surface area contributed by atoms with Crippen LogP contribution in [0.1, 0.15) is 46.1 Å². The van der Waals surface area contributed by atoms with Crippen LogP contribution in [0.2, 0.25) is 0 Å². The number of aliphatic hydroxyl groups is 1. The van der Waals surface area contributed by atoms with Crippen molar-refractivity contribution in [3.63, 3.8) is 0 Å². The van der Waals surface area contributed by atoms with E-state index in [1.807, 2.05) is 25.3 Å². The van der Waals surface area contributed by atoms with Crippen molar-refractivity contribution in [1.82, 2.24) is 10.3 Å². The monoisotopic (exact) mass is 498 g/mol. The maximum absolute atomic E-state index is 14.1. The van der Waals surface area contributed by atoms with Gasteiger partial charge < -0.3 is 15.4 Å². The van der Waals surface area contributed by atoms with E-state index in [0.29, 0.717) is 12.8 Å². The molecule has 2 heterocycles. The molecule has 1 aromatic carbocycles. The zero-order valence-electron chi connectivity index (χ0n) is 22.2. The van der Waals surface area contributed by atoms with E-state index < -0.39 is 11.5 Å². The molecule has 1 fully saturated rings. The van der Waals surface area contributed by atoms with Gasteiger partial charge in [-0.15, -0.1) is 0 Å². The number of rotatable bonds is 2. The smallest absolute Gasteiger partial charge is 0.235 e. The summed E-state index contributed by atoms with van der Waals surface area (Å²) in [6.07, 6.45) is 14.9. The van der Waals surface area contributed by atoms with E-state index in [2.05, 4.69) is 67.5 Å². The molecular formula is C32H38N2O3. The summed E-state index contributed by atoms with van der Waals surface area (Å²) in [5.41, 5.74) is 3.15. The third-order valence-electron chi connectivity index (χ3n) is 8.95. The number of hydrogen-bond donors (Lipinski definition) is 3. The van der Waals surface area contributed by atoms with E-state index in [4.69, 9.17) is 0 Å². The van der Waals surface area contributed by atoms with Gasteiger partial charge in [-0.25, -0.2) is 0 Å². The second-order valence-electron chi connectivity index (χ2n) is 11.3. The number of ketones is 1. The van der Waals surface area contributed by atoms with Crippen LogP contribution in [0.15, 0.2) is 78.1 Å². The molecule has 3 N–H and O–H groups in total. The molecule has 0 unspecified atom stereocenters. The van der Waals surface area contributed by atoms with Gasteiger partial charge in [0.25, 0.3) is 0 Å². The van der Waals surface area contributed by atoms with E-state index in [-0.39, 0.29) is 41.4 Å². The average Bonchev–Trinajstić information content (AvgIpc) is 3.40. The third-order valence-corrected chi connectivity index (χ3v) is 8.95. The summed E-state index contributed by atoms with van der Waals surface area (Å²) in [5.74, 6) is -0.527. The van der Waals surface area contributed by atoms with Gasteiger partial charge in [0, 0.05) is 35.0 Å². The molecule has 2 aliphatic carbocycles. The highest BCUT2D eigenvalue weighted by Gasteiger charge is 2.64. The molecule has 2 aromatic rings. The van der Waals surface area contributed by atoms with Crippen LogP contribution in [0.25, 0.3) is 10.9 Å². The number of aliphatic hydroxyl groups excluding tert-OH is 1. The standard InChI is InChI=1S/C32H38N2O3/c1-19-9-7-10-24-16-20(2)22(4)30-27(17-23-18-33-26-12-6-5-11-25(23)26)34-31(37)32(24,30)29(36)14-8-13-28(35)21(3)15-19/h5-8,10-12,14-16,18-19,22,24,27-28,30,33,35H,9,13,17H2,1-4H3,(H,34,37)/b10-7-,14-8-,21-15+/t19-,22+,24-,27-,28-,30-,32+/m0/s1. The van der Waals surface area contributed by atoms with E-state index in [1.165, 1.54) is 5.57 Å². The van der Waals surface area contributed by atoms with Crippen molar-refractivity contribution in [2.75, 3.05) is 0 Å². The second-order valence-corrected chi connectivity index (χ2v) is 11.3. The van der Waals surface area contributed by atoms with Crippen molar-refractivity contribution in [2.45, 2.75) is 59.1 Å². The van der Waals surface area contributed by atoms with E-state index in [0.717, 1.165) is 28.5 Å². The zero-order chi connectivity index (χ0) is 26.3. The third kappa shape index (κ3) is 4.33. The first-order chi connectivity index (χ1) is 17.7. The van der Waals surface area contributed by atoms with E-state index >= 15 is 0 Å². The highest BCUT2D eigenvalue weighted by molar-refractivity contribution is 6.13. The maximum atomic E-state index is 14.1. The quantitative estimate of drug-likeness (QED) is 0.381. The topological polar surface area (TPSA) is 82.2 Å². The Morgan fingerprint density at radius 1 is 1.03 bits per heavy atom. The Labute approximate surface area is 219 Å². The number of para-hydroxylation sites is 1. The Kier molecular flexibility index (Phi) is 6.84. The fraction of sp³-hybridized carbons (Fsp3) is 0.438. The number of benzene rings is 1. The molecule has 5 heteroatoms. The number of H-pyrrole nitrogens is 1. The summed E-state index contributed by atoms with van der Waals surface area (Å²) in [7, 11) is 0. The van der Waals surface area contributed by atoms with Crippen molar-refractivity contribution in [3.05, 3.63) is 83.6 Å². The first-order valence-corrected chi connectivity index (χ1v) is 13.5. The largest absolute Gasteiger partial charge is 0.388 e. The maximum Gasteiger partial charge on any atom is 0.235 e. The molecule has 1 saturated heterocycles. The highest BCUT2D eigenvalue weighted by atomic mass is 16.3. The fourth-order valence-electron chi connectivity index (χ4n) is 6.87. The van der Waals surface area contributed by atoms with Crippen LogP contribution in [0.5, 0.6) is 0 Å². The lowest BCUT2D eigenvalue weighted by Gasteiger charge is -2.44. The van der Waals surface area contributed by atoms with Crippen molar-refractivity contribution in [2.24, 2.45) is 29.1 Å². The lowest BCUT2D eigenvalue weighted by molar-refractivity contribution is -0.142. The summed E-state index contributed by atoms with van der Waals surface area (Å²) in [5, 5.41) is 15.0. The van der Waals surface area contributed by atoms with Crippen molar-refractivity contribution in [1.29, 1.82) is 0 Å². The minimum absolute atomic E-state index is 0.0697. The number of carbonyl (C=O) groups is 2. The van der Waals surface area contributed by atoms with E-state index in [9.17, 15) is 14.7 Å². The second kappa shape index (κ2) is 9.94. The summed E-state index contributed by atoms with van der Waals surface area (Å²) < 4.78 is 0. The first kappa shape index (κ1) is 25.5. The molecule has 5 rings (SSSR count). The zero-order valence-corrected chi connectivity index (χ0v) is 22.2. The number of nitrogens with one attached hydrogen (secondary N) is 2. The van der Waals surface area contributed by atoms with Gasteiger partial charge in [-0.1, -0.05) is 68.0 Å². The predicted octanol–water partition coefficient (Wildman–Crippen LogP) is 5.44. The van der Waals surface area contributed by atoms with Gasteiger partial charge in [-0.3, -0.25) is 9.59 Å². The summed E-state index contributed by atoms with van der Waals surface area (Å²) in [4.78, 5) is 31.5. The van der Waals surface area contributed by atoms with Crippen LogP contribution in [-0.2, 0) is 16.0 Å². The number of aromatic nitrogens is 1. The van der Waals surface area contributed by atoms with E-state index in [1.54, 1.807) is 12.2 Å². The van der Waals surface area contributed by atoms with Crippen LogP contribution in [0, 0.1) is 29.1 Å². The van der Waals surface area contributed by atoms with Gasteiger partial charge >= 0.3 is 0 Å². The molecule has 194 valence electrons. The van der Waals surface area contributed by atoms with Gasteiger partial charge in [0.1, 0.15) is 5.41 Å². The lowest BCUT2D eigenvalue weighted by atomic mass is 9.55. The van der Waals surface area contributed by atoms with Gasteiger partial charge in [0.05, 0.1) is 6.10 Å². The SMILES string of the molecule is CC1=C[C@@H]2/C=C\C[C@H](C)/C=C(\C)[C@@H](O)C/C=C\C(=O)[C@]23C(=O)N[C@@H](Cc2c[nH]c4ccccc24)[C@@H]3[C@@H]1C. The summed E-state index contributed by atoms with van der Waals surface area (Å²) in [6, 6.07) is 8.03. The molecule has 1 spiro atoms. The molecule has 5 nitrogen and oxygen atoms in total. The molecule has 3 aliphatic rings. The molecule has 37 heavy (non-hydrogen) atoms.